The van der Waals surface area contributed by atoms with E-state index in [1.807, 2.05) is 13.8 Å². The van der Waals surface area contributed by atoms with Crippen LogP contribution in [0.2, 0.25) is 0 Å². The summed E-state index contributed by atoms with van der Waals surface area (Å²) in [6.07, 6.45) is 2.69. The van der Waals surface area contributed by atoms with Crippen LogP contribution in [0.4, 0.5) is 10.7 Å². The maximum absolute atomic E-state index is 13.0. The third-order valence-corrected chi connectivity index (χ3v) is 7.85. The maximum Gasteiger partial charge on any atom is 0.324 e. The van der Waals surface area contributed by atoms with Gasteiger partial charge in [0.05, 0.1) is 15.4 Å². The second-order valence-electron chi connectivity index (χ2n) is 6.87. The van der Waals surface area contributed by atoms with Crippen molar-refractivity contribution in [1.29, 1.82) is 0 Å². The van der Waals surface area contributed by atoms with Gasteiger partial charge < -0.3 is 5.32 Å². The SMILES string of the molecule is C[C@@H]1CCC[C@H](C)N1S(=O)(=O)c1ccc(NC(=O)c2csc([N+](=O)[O-])c2)cc1. The summed E-state index contributed by atoms with van der Waals surface area (Å²) >= 11 is 0.874. The summed E-state index contributed by atoms with van der Waals surface area (Å²) in [5, 5.41) is 14.6. The number of carbonyl (C=O) groups excluding carboxylic acids is 1. The fraction of sp³-hybridized carbons (Fsp3) is 0.389. The smallest absolute Gasteiger partial charge is 0.322 e. The number of nitrogens with zero attached hydrogens (tertiary/aromatic N) is 2. The van der Waals surface area contributed by atoms with Gasteiger partial charge in [0.25, 0.3) is 5.91 Å². The summed E-state index contributed by atoms with van der Waals surface area (Å²) in [6, 6.07) is 7.07. The van der Waals surface area contributed by atoms with Gasteiger partial charge in [0.15, 0.2) is 0 Å². The van der Waals surface area contributed by atoms with Crippen LogP contribution in [-0.4, -0.2) is 35.6 Å². The van der Waals surface area contributed by atoms with E-state index >= 15 is 0 Å². The van der Waals surface area contributed by atoms with Gasteiger partial charge in [-0.05, 0) is 51.0 Å². The van der Waals surface area contributed by atoms with Gasteiger partial charge in [-0.3, -0.25) is 14.9 Å². The molecule has 2 heterocycles. The topological polar surface area (TPSA) is 110 Å². The first kappa shape index (κ1) is 20.4. The first-order chi connectivity index (χ1) is 13.2. The maximum atomic E-state index is 13.0. The first-order valence-corrected chi connectivity index (χ1v) is 11.2. The minimum Gasteiger partial charge on any atom is -0.322 e. The molecule has 10 heteroatoms. The number of nitro groups is 1. The molecule has 0 unspecified atom stereocenters. The molecule has 0 saturated carbocycles. The predicted molar refractivity (Wildman–Crippen MR) is 107 cm³/mol. The number of sulfonamides is 1. The van der Waals surface area contributed by atoms with Crippen molar-refractivity contribution in [2.75, 3.05) is 5.32 Å². The molecule has 28 heavy (non-hydrogen) atoms. The molecule has 3 rings (SSSR count). The summed E-state index contributed by atoms with van der Waals surface area (Å²) in [6.45, 7) is 3.84. The van der Waals surface area contributed by atoms with E-state index in [9.17, 15) is 23.3 Å². The Hall–Kier alpha value is -2.30. The van der Waals surface area contributed by atoms with E-state index in [4.69, 9.17) is 0 Å². The monoisotopic (exact) mass is 423 g/mol. The fourth-order valence-electron chi connectivity index (χ4n) is 3.45. The standard InChI is InChI=1S/C18H21N3O5S2/c1-12-4-3-5-13(2)20(12)28(25,26)16-8-6-15(7-9-16)19-18(22)14-10-17(21(23)24)27-11-14/h6-13H,3-5H2,1-2H3,(H,19,22)/t12-,13+. The van der Waals surface area contributed by atoms with Gasteiger partial charge >= 0.3 is 5.00 Å². The van der Waals surface area contributed by atoms with Crippen LogP contribution in [0.5, 0.6) is 0 Å². The van der Waals surface area contributed by atoms with E-state index < -0.39 is 20.9 Å². The van der Waals surface area contributed by atoms with Crippen molar-refractivity contribution in [3.8, 4) is 0 Å². The lowest BCUT2D eigenvalue weighted by Gasteiger charge is -2.37. The van der Waals surface area contributed by atoms with Gasteiger partial charge in [-0.25, -0.2) is 8.42 Å². The van der Waals surface area contributed by atoms with Crippen molar-refractivity contribution in [2.24, 2.45) is 0 Å². The number of amides is 1. The molecule has 0 radical (unpaired) electrons. The molecule has 1 aliphatic rings. The summed E-state index contributed by atoms with van der Waals surface area (Å²) in [5.41, 5.74) is 0.599. The molecule has 1 amide bonds. The molecular weight excluding hydrogens is 402 g/mol. The predicted octanol–water partition coefficient (Wildman–Crippen LogP) is 3.86. The highest BCUT2D eigenvalue weighted by Crippen LogP contribution is 2.30. The number of thiophene rings is 1. The average molecular weight is 424 g/mol. The summed E-state index contributed by atoms with van der Waals surface area (Å²) in [7, 11) is -3.62. The first-order valence-electron chi connectivity index (χ1n) is 8.88. The van der Waals surface area contributed by atoms with Crippen LogP contribution in [0.25, 0.3) is 0 Å². The Labute approximate surface area is 167 Å². The molecule has 2 aromatic rings. The molecule has 8 nitrogen and oxygen atoms in total. The molecular formula is C18H21N3O5S2. The highest BCUT2D eigenvalue weighted by molar-refractivity contribution is 7.89. The van der Waals surface area contributed by atoms with Crippen molar-refractivity contribution in [3.05, 3.63) is 51.4 Å². The van der Waals surface area contributed by atoms with E-state index in [1.54, 1.807) is 4.31 Å². The third-order valence-electron chi connectivity index (χ3n) is 4.83. The molecule has 1 aromatic carbocycles. The van der Waals surface area contributed by atoms with Crippen LogP contribution in [0.15, 0.2) is 40.6 Å². The number of hydrogen-bond acceptors (Lipinski definition) is 6. The molecule has 150 valence electrons. The number of nitrogens with one attached hydrogen (secondary N) is 1. The molecule has 0 aliphatic carbocycles. The van der Waals surface area contributed by atoms with Gasteiger partial charge in [-0.1, -0.05) is 17.8 Å². The van der Waals surface area contributed by atoms with Crippen LogP contribution < -0.4 is 5.32 Å². The lowest BCUT2D eigenvalue weighted by molar-refractivity contribution is -0.380. The number of anilines is 1. The Morgan fingerprint density at radius 2 is 1.82 bits per heavy atom. The van der Waals surface area contributed by atoms with Crippen molar-refractivity contribution in [1.82, 2.24) is 4.31 Å². The number of hydrogen-bond donors (Lipinski definition) is 1. The quantitative estimate of drug-likeness (QED) is 0.580. The summed E-state index contributed by atoms with van der Waals surface area (Å²) in [4.78, 5) is 22.6. The van der Waals surface area contributed by atoms with Gasteiger partial charge in [0.2, 0.25) is 10.0 Å². The van der Waals surface area contributed by atoms with Crippen LogP contribution in [-0.2, 0) is 10.0 Å². The highest BCUT2D eigenvalue weighted by Gasteiger charge is 2.35. The second-order valence-corrected chi connectivity index (χ2v) is 9.61. The van der Waals surface area contributed by atoms with Crippen molar-refractivity contribution in [2.45, 2.75) is 50.1 Å². The molecule has 0 bridgehead atoms. The third kappa shape index (κ3) is 4.08. The van der Waals surface area contributed by atoms with E-state index in [0.29, 0.717) is 5.69 Å². The number of piperidine rings is 1. The number of benzene rings is 1. The molecule has 1 fully saturated rings. The van der Waals surface area contributed by atoms with E-state index in [2.05, 4.69) is 5.32 Å². The van der Waals surface area contributed by atoms with Gasteiger partial charge in [0, 0.05) is 29.2 Å². The minimum atomic E-state index is -3.62. The zero-order valence-electron chi connectivity index (χ0n) is 15.5. The molecule has 1 aliphatic heterocycles. The van der Waals surface area contributed by atoms with Crippen LogP contribution >= 0.6 is 11.3 Å². The second kappa shape index (κ2) is 7.98. The summed E-state index contributed by atoms with van der Waals surface area (Å²) in [5.74, 6) is -0.488. The van der Waals surface area contributed by atoms with Crippen molar-refractivity contribution >= 4 is 38.0 Å². The van der Waals surface area contributed by atoms with E-state index in [1.165, 1.54) is 35.7 Å². The minimum absolute atomic E-state index is 0.0532. The Morgan fingerprint density at radius 3 is 2.36 bits per heavy atom. The van der Waals surface area contributed by atoms with Gasteiger partial charge in [-0.2, -0.15) is 4.31 Å². The fourth-order valence-corrected chi connectivity index (χ4v) is 6.03. The van der Waals surface area contributed by atoms with Crippen LogP contribution in [0, 0.1) is 10.1 Å². The molecule has 2 atom stereocenters. The number of carbonyl (C=O) groups is 1. The summed E-state index contributed by atoms with van der Waals surface area (Å²) < 4.78 is 27.6. The highest BCUT2D eigenvalue weighted by atomic mass is 32.2. The Balaban J connectivity index is 1.75. The molecule has 1 saturated heterocycles. The molecule has 0 spiro atoms. The van der Waals surface area contributed by atoms with Crippen LogP contribution in [0.1, 0.15) is 43.5 Å². The largest absolute Gasteiger partial charge is 0.324 e. The zero-order chi connectivity index (χ0) is 20.5. The molecule has 1 N–H and O–H groups in total. The zero-order valence-corrected chi connectivity index (χ0v) is 17.1. The lowest BCUT2D eigenvalue weighted by Crippen LogP contribution is -2.47. The Kier molecular flexibility index (Phi) is 5.82. The van der Waals surface area contributed by atoms with E-state index in [-0.39, 0.29) is 27.5 Å². The Morgan fingerprint density at radius 1 is 1.21 bits per heavy atom. The number of rotatable bonds is 5. The van der Waals surface area contributed by atoms with Crippen LogP contribution in [0.3, 0.4) is 0 Å². The molecule has 1 aromatic heterocycles. The normalized spacial score (nSPS) is 20.6. The lowest BCUT2D eigenvalue weighted by atomic mass is 10.0. The van der Waals surface area contributed by atoms with Gasteiger partial charge in [0.1, 0.15) is 0 Å². The Bertz CT molecular complexity index is 975. The average Bonchev–Trinajstić information content (AvgIpc) is 3.12. The van der Waals surface area contributed by atoms with Crippen molar-refractivity contribution in [3.63, 3.8) is 0 Å². The van der Waals surface area contributed by atoms with Gasteiger partial charge in [-0.15, -0.1) is 0 Å². The van der Waals surface area contributed by atoms with Crippen molar-refractivity contribution < 1.29 is 18.1 Å². The van der Waals surface area contributed by atoms with E-state index in [0.717, 1.165) is 30.6 Å².